The van der Waals surface area contributed by atoms with Gasteiger partial charge in [-0.15, -0.1) is 10.2 Å². The lowest BCUT2D eigenvalue weighted by atomic mass is 10.1. The van der Waals surface area contributed by atoms with Gasteiger partial charge in [0.05, 0.1) is 11.3 Å². The highest BCUT2D eigenvalue weighted by Crippen LogP contribution is 2.18. The molecular formula is C23H19N7O3. The molecule has 0 fully saturated rings. The van der Waals surface area contributed by atoms with Crippen molar-refractivity contribution < 1.29 is 14.4 Å². The number of amides is 3. The molecule has 0 unspecified atom stereocenters. The molecule has 33 heavy (non-hydrogen) atoms. The maximum absolute atomic E-state index is 12.7. The lowest BCUT2D eigenvalue weighted by molar-refractivity contribution is -0.117. The first-order chi connectivity index (χ1) is 16.0. The van der Waals surface area contributed by atoms with Gasteiger partial charge in [-0.2, -0.15) is 4.80 Å². The van der Waals surface area contributed by atoms with Crippen LogP contribution in [0.15, 0.2) is 78.9 Å². The predicted octanol–water partition coefficient (Wildman–Crippen LogP) is 2.33. The van der Waals surface area contributed by atoms with E-state index in [1.165, 1.54) is 0 Å². The topological polar surface area (TPSA) is 145 Å². The molecule has 1 heterocycles. The molecule has 1 aromatic heterocycles. The Labute approximate surface area is 188 Å². The third-order valence-electron chi connectivity index (χ3n) is 4.64. The summed E-state index contributed by atoms with van der Waals surface area (Å²) in [6.45, 7) is -0.207. The van der Waals surface area contributed by atoms with Gasteiger partial charge in [-0.25, -0.2) is 0 Å². The second-order valence-electron chi connectivity index (χ2n) is 7.00. The van der Waals surface area contributed by atoms with E-state index in [9.17, 15) is 14.4 Å². The molecule has 3 amide bonds. The third kappa shape index (κ3) is 5.25. The SMILES string of the molecule is NC(=O)c1ccc(-c2nnn(CC(=O)Nc3ccccc3C(=O)Nc3ccccc3)n2)cc1. The molecule has 10 heteroatoms. The Bertz CT molecular complexity index is 1300. The summed E-state index contributed by atoms with van der Waals surface area (Å²) in [5.74, 6) is -1.02. The molecule has 0 spiro atoms. The molecule has 0 atom stereocenters. The lowest BCUT2D eigenvalue weighted by Gasteiger charge is -2.11. The summed E-state index contributed by atoms with van der Waals surface area (Å²) in [4.78, 5) is 37.6. The van der Waals surface area contributed by atoms with Gasteiger partial charge >= 0.3 is 0 Å². The van der Waals surface area contributed by atoms with Crippen LogP contribution in [0, 0.1) is 0 Å². The standard InChI is InChI=1S/C23H19N7O3/c24-21(32)15-10-12-16(13-11-15)22-27-29-30(28-22)14-20(31)26-19-9-5-4-8-18(19)23(33)25-17-6-2-1-3-7-17/h1-13H,14H2,(H2,24,32)(H,25,33)(H,26,31). The van der Waals surface area contributed by atoms with Crippen molar-refractivity contribution in [2.45, 2.75) is 6.54 Å². The van der Waals surface area contributed by atoms with Gasteiger partial charge in [-0.1, -0.05) is 42.5 Å². The van der Waals surface area contributed by atoms with E-state index < -0.39 is 11.8 Å². The van der Waals surface area contributed by atoms with Crippen LogP contribution in [-0.4, -0.2) is 37.9 Å². The quantitative estimate of drug-likeness (QED) is 0.401. The van der Waals surface area contributed by atoms with Crippen molar-refractivity contribution >= 4 is 29.1 Å². The summed E-state index contributed by atoms with van der Waals surface area (Å²) in [5, 5.41) is 17.5. The van der Waals surface area contributed by atoms with Crippen LogP contribution in [0.4, 0.5) is 11.4 Å². The number of tetrazole rings is 1. The zero-order valence-corrected chi connectivity index (χ0v) is 17.3. The van der Waals surface area contributed by atoms with Crippen molar-refractivity contribution in [1.29, 1.82) is 0 Å². The summed E-state index contributed by atoms with van der Waals surface area (Å²) < 4.78 is 0. The molecule has 0 aliphatic rings. The smallest absolute Gasteiger partial charge is 0.257 e. The first-order valence-electron chi connectivity index (χ1n) is 9.93. The number of benzene rings is 3. The first kappa shape index (κ1) is 21.4. The second kappa shape index (κ2) is 9.52. The minimum Gasteiger partial charge on any atom is -0.366 e. The highest BCUT2D eigenvalue weighted by molar-refractivity contribution is 6.10. The number of primary amides is 1. The minimum atomic E-state index is -0.535. The van der Waals surface area contributed by atoms with Crippen molar-refractivity contribution in [1.82, 2.24) is 20.2 Å². The van der Waals surface area contributed by atoms with Crippen molar-refractivity contribution in [2.75, 3.05) is 10.6 Å². The summed E-state index contributed by atoms with van der Waals surface area (Å²) >= 11 is 0. The van der Waals surface area contributed by atoms with Crippen molar-refractivity contribution in [3.63, 3.8) is 0 Å². The number of carbonyl (C=O) groups is 3. The zero-order valence-electron chi connectivity index (χ0n) is 17.3. The van der Waals surface area contributed by atoms with Crippen LogP contribution < -0.4 is 16.4 Å². The molecule has 0 bridgehead atoms. The molecule has 0 aliphatic heterocycles. The fourth-order valence-electron chi connectivity index (χ4n) is 3.04. The fourth-order valence-corrected chi connectivity index (χ4v) is 3.04. The van der Waals surface area contributed by atoms with Crippen LogP contribution in [-0.2, 0) is 11.3 Å². The number of hydrogen-bond donors (Lipinski definition) is 3. The van der Waals surface area contributed by atoms with E-state index in [1.807, 2.05) is 18.2 Å². The highest BCUT2D eigenvalue weighted by Gasteiger charge is 2.15. The number of nitrogens with zero attached hydrogens (tertiary/aromatic N) is 4. The summed E-state index contributed by atoms with van der Waals surface area (Å²) in [6.07, 6.45) is 0. The third-order valence-corrected chi connectivity index (χ3v) is 4.64. The van der Waals surface area contributed by atoms with E-state index in [4.69, 9.17) is 5.73 Å². The van der Waals surface area contributed by atoms with E-state index in [-0.39, 0.29) is 12.5 Å². The Morgan fingerprint density at radius 2 is 1.55 bits per heavy atom. The number of nitrogens with one attached hydrogen (secondary N) is 2. The molecule has 0 aliphatic carbocycles. The van der Waals surface area contributed by atoms with Crippen LogP contribution >= 0.6 is 0 Å². The second-order valence-corrected chi connectivity index (χ2v) is 7.00. The van der Waals surface area contributed by atoms with Crippen LogP contribution in [0.2, 0.25) is 0 Å². The van der Waals surface area contributed by atoms with Crippen LogP contribution in [0.5, 0.6) is 0 Å². The minimum absolute atomic E-state index is 0.207. The Kier molecular flexibility index (Phi) is 6.17. The number of aromatic nitrogens is 4. The van der Waals surface area contributed by atoms with Gasteiger partial charge in [0, 0.05) is 16.8 Å². The molecular weight excluding hydrogens is 422 g/mol. The van der Waals surface area contributed by atoms with Gasteiger partial charge in [0.1, 0.15) is 6.54 Å². The van der Waals surface area contributed by atoms with E-state index in [0.29, 0.717) is 33.9 Å². The average Bonchev–Trinajstić information content (AvgIpc) is 3.28. The number of carbonyl (C=O) groups excluding carboxylic acids is 3. The fraction of sp³-hybridized carbons (Fsp3) is 0.0435. The molecule has 10 nitrogen and oxygen atoms in total. The summed E-state index contributed by atoms with van der Waals surface area (Å²) in [5.41, 5.74) is 7.54. The molecule has 0 radical (unpaired) electrons. The maximum atomic E-state index is 12.7. The van der Waals surface area contributed by atoms with Crippen molar-refractivity contribution in [2.24, 2.45) is 5.73 Å². The molecule has 4 N–H and O–H groups in total. The number of para-hydroxylation sites is 2. The lowest BCUT2D eigenvalue weighted by Crippen LogP contribution is -2.22. The van der Waals surface area contributed by atoms with E-state index in [2.05, 4.69) is 26.0 Å². The van der Waals surface area contributed by atoms with Crippen LogP contribution in [0.25, 0.3) is 11.4 Å². The predicted molar refractivity (Wildman–Crippen MR) is 121 cm³/mol. The monoisotopic (exact) mass is 441 g/mol. The molecule has 164 valence electrons. The maximum Gasteiger partial charge on any atom is 0.257 e. The molecule has 0 saturated carbocycles. The van der Waals surface area contributed by atoms with Crippen LogP contribution in [0.1, 0.15) is 20.7 Å². The van der Waals surface area contributed by atoms with Gasteiger partial charge in [0.2, 0.25) is 17.6 Å². The summed E-state index contributed by atoms with van der Waals surface area (Å²) in [7, 11) is 0. The average molecular weight is 441 g/mol. The Morgan fingerprint density at radius 1 is 0.848 bits per heavy atom. The number of rotatable bonds is 7. The van der Waals surface area contributed by atoms with E-state index >= 15 is 0 Å². The van der Waals surface area contributed by atoms with Crippen LogP contribution in [0.3, 0.4) is 0 Å². The normalized spacial score (nSPS) is 10.4. The van der Waals surface area contributed by atoms with Crippen molar-refractivity contribution in [3.8, 4) is 11.4 Å². The molecule has 0 saturated heterocycles. The molecule has 4 aromatic rings. The zero-order chi connectivity index (χ0) is 23.2. The Morgan fingerprint density at radius 3 is 2.27 bits per heavy atom. The van der Waals surface area contributed by atoms with Gasteiger partial charge in [-0.3, -0.25) is 14.4 Å². The Balaban J connectivity index is 1.42. The van der Waals surface area contributed by atoms with Gasteiger partial charge in [0.15, 0.2) is 0 Å². The Hall–Kier alpha value is -4.86. The van der Waals surface area contributed by atoms with Gasteiger partial charge in [-0.05, 0) is 41.6 Å². The number of nitrogens with two attached hydrogens (primary N) is 1. The largest absolute Gasteiger partial charge is 0.366 e. The molecule has 3 aromatic carbocycles. The number of anilines is 2. The molecule has 4 rings (SSSR count). The first-order valence-corrected chi connectivity index (χ1v) is 9.93. The van der Waals surface area contributed by atoms with Gasteiger partial charge in [0.25, 0.3) is 5.91 Å². The highest BCUT2D eigenvalue weighted by atomic mass is 16.2. The van der Waals surface area contributed by atoms with E-state index in [1.54, 1.807) is 60.7 Å². The van der Waals surface area contributed by atoms with Gasteiger partial charge < -0.3 is 16.4 Å². The van der Waals surface area contributed by atoms with Crippen molar-refractivity contribution in [3.05, 3.63) is 90.0 Å². The van der Waals surface area contributed by atoms with E-state index in [0.717, 1.165) is 4.80 Å². The summed E-state index contributed by atoms with van der Waals surface area (Å²) in [6, 6.07) is 22.1. The number of hydrogen-bond acceptors (Lipinski definition) is 6.